The van der Waals surface area contributed by atoms with Gasteiger partial charge in [0.1, 0.15) is 19.3 Å². The van der Waals surface area contributed by atoms with Crippen LogP contribution in [0.1, 0.15) is 363 Å². The van der Waals surface area contributed by atoms with Crippen LogP contribution in [-0.4, -0.2) is 96.7 Å². The number of phosphoric acid groups is 2. The maximum absolute atomic E-state index is 13.0. The van der Waals surface area contributed by atoms with Crippen molar-refractivity contribution in [2.45, 2.75) is 381 Å². The number of hydrogen-bond donors (Lipinski definition) is 3. The first-order valence-corrected chi connectivity index (χ1v) is 40.0. The van der Waals surface area contributed by atoms with E-state index >= 15 is 0 Å². The van der Waals surface area contributed by atoms with Crippen molar-refractivity contribution in [1.82, 2.24) is 0 Å². The van der Waals surface area contributed by atoms with Gasteiger partial charge in [-0.15, -0.1) is 0 Å². The van der Waals surface area contributed by atoms with Crippen LogP contribution in [0.15, 0.2) is 0 Å². The summed E-state index contributed by atoms with van der Waals surface area (Å²) in [5, 5.41) is 10.6. The Hall–Kier alpha value is -1.94. The molecule has 90 heavy (non-hydrogen) atoms. The lowest BCUT2D eigenvalue weighted by atomic mass is 10.0. The van der Waals surface area contributed by atoms with Crippen LogP contribution in [0.5, 0.6) is 0 Å². The van der Waals surface area contributed by atoms with Crippen molar-refractivity contribution in [2.24, 2.45) is 11.8 Å². The quantitative estimate of drug-likeness (QED) is 0.0222. The molecule has 19 heteroatoms. The number of esters is 4. The predicted molar refractivity (Wildman–Crippen MR) is 363 cm³/mol. The van der Waals surface area contributed by atoms with Crippen molar-refractivity contribution in [2.75, 3.05) is 39.6 Å². The van der Waals surface area contributed by atoms with Crippen LogP contribution in [0.2, 0.25) is 0 Å². The minimum atomic E-state index is -4.95. The van der Waals surface area contributed by atoms with Crippen molar-refractivity contribution in [3.8, 4) is 0 Å². The zero-order chi connectivity index (χ0) is 66.5. The highest BCUT2D eigenvalue weighted by atomic mass is 31.2. The van der Waals surface area contributed by atoms with Gasteiger partial charge in [0.05, 0.1) is 26.4 Å². The third-order valence-electron chi connectivity index (χ3n) is 16.5. The molecule has 0 aliphatic heterocycles. The molecule has 0 amide bonds. The van der Waals surface area contributed by atoms with E-state index in [1.807, 2.05) is 0 Å². The molecule has 0 aromatic rings. The molecule has 0 aliphatic rings. The van der Waals surface area contributed by atoms with E-state index in [1.54, 1.807) is 0 Å². The second-order valence-electron chi connectivity index (χ2n) is 26.6. The molecule has 3 N–H and O–H groups in total. The summed E-state index contributed by atoms with van der Waals surface area (Å²) < 4.78 is 68.2. The van der Waals surface area contributed by atoms with Crippen LogP contribution in [0.4, 0.5) is 0 Å². The summed E-state index contributed by atoms with van der Waals surface area (Å²) in [6, 6.07) is 0. The predicted octanol–water partition coefficient (Wildman–Crippen LogP) is 20.4. The van der Waals surface area contributed by atoms with Gasteiger partial charge in [0.2, 0.25) is 0 Å². The number of rotatable bonds is 70. The number of aliphatic hydroxyl groups is 1. The van der Waals surface area contributed by atoms with Gasteiger partial charge < -0.3 is 33.8 Å². The van der Waals surface area contributed by atoms with E-state index in [0.29, 0.717) is 25.7 Å². The van der Waals surface area contributed by atoms with Crippen LogP contribution in [0, 0.1) is 11.8 Å². The molecule has 17 nitrogen and oxygen atoms in total. The van der Waals surface area contributed by atoms with Crippen LogP contribution >= 0.6 is 15.6 Å². The molecule has 2 unspecified atom stereocenters. The third kappa shape index (κ3) is 64.8. The molecule has 0 spiro atoms. The molecule has 0 aromatic carbocycles. The summed E-state index contributed by atoms with van der Waals surface area (Å²) in [7, 11) is -9.89. The van der Waals surface area contributed by atoms with Crippen molar-refractivity contribution in [3.05, 3.63) is 0 Å². The fourth-order valence-corrected chi connectivity index (χ4v) is 12.3. The average Bonchev–Trinajstić information content (AvgIpc) is 3.48. The van der Waals surface area contributed by atoms with Crippen LogP contribution in [-0.2, 0) is 65.4 Å². The Morgan fingerprint density at radius 3 is 0.756 bits per heavy atom. The Kier molecular flexibility index (Phi) is 61.8. The standard InChI is InChI=1S/C71H138O17P2/c1-7-9-11-13-15-28-37-43-49-55-70(75)87-66(59-81-68(73)53-47-41-35-16-14-12-10-8-2)61-85-89(77,78)83-57-65(72)58-84-90(79,80)86-62-67(60-82-69(74)54-48-42-36-31-26-23-19-21-25-30-34-40-46-52-64(5)6)88-71(76)56-50-44-38-32-27-22-18-17-20-24-29-33-39-45-51-63(3)4/h63-67,72H,7-62H2,1-6H3,(H,77,78)(H,79,80)/t65-,66+,67+/m0/s1. The number of carbonyl (C=O) groups excluding carboxylic acids is 4. The summed E-state index contributed by atoms with van der Waals surface area (Å²) in [5.41, 5.74) is 0. The normalized spacial score (nSPS) is 14.1. The molecule has 0 saturated carbocycles. The smallest absolute Gasteiger partial charge is 0.462 e. The second-order valence-corrected chi connectivity index (χ2v) is 29.5. The third-order valence-corrected chi connectivity index (χ3v) is 18.4. The lowest BCUT2D eigenvalue weighted by Crippen LogP contribution is -2.30. The van der Waals surface area contributed by atoms with Crippen molar-refractivity contribution < 1.29 is 80.2 Å². The van der Waals surface area contributed by atoms with E-state index < -0.39 is 97.5 Å². The highest BCUT2D eigenvalue weighted by molar-refractivity contribution is 7.47. The van der Waals surface area contributed by atoms with Gasteiger partial charge in [-0.2, -0.15) is 0 Å². The van der Waals surface area contributed by atoms with E-state index in [2.05, 4.69) is 41.5 Å². The molecule has 0 fully saturated rings. The highest BCUT2D eigenvalue weighted by Gasteiger charge is 2.30. The summed E-state index contributed by atoms with van der Waals surface area (Å²) >= 11 is 0. The van der Waals surface area contributed by atoms with Gasteiger partial charge in [0, 0.05) is 25.7 Å². The first-order valence-electron chi connectivity index (χ1n) is 37.0. The molecule has 0 rings (SSSR count). The van der Waals surface area contributed by atoms with Gasteiger partial charge >= 0.3 is 39.5 Å². The first-order chi connectivity index (χ1) is 43.4. The zero-order valence-corrected chi connectivity index (χ0v) is 60.2. The molecule has 5 atom stereocenters. The molecule has 0 bridgehead atoms. The van der Waals surface area contributed by atoms with Gasteiger partial charge in [-0.25, -0.2) is 9.13 Å². The van der Waals surface area contributed by atoms with Crippen molar-refractivity contribution in [1.29, 1.82) is 0 Å². The van der Waals surface area contributed by atoms with E-state index in [-0.39, 0.29) is 25.7 Å². The monoisotopic (exact) mass is 1320 g/mol. The van der Waals surface area contributed by atoms with E-state index in [1.165, 1.54) is 173 Å². The van der Waals surface area contributed by atoms with E-state index in [0.717, 1.165) is 108 Å². The minimum absolute atomic E-state index is 0.106. The summed E-state index contributed by atoms with van der Waals surface area (Å²) in [6.45, 7) is 9.56. The summed E-state index contributed by atoms with van der Waals surface area (Å²) in [5.74, 6) is -0.540. The lowest BCUT2D eigenvalue weighted by molar-refractivity contribution is -0.161. The number of carbonyl (C=O) groups is 4. The fraction of sp³-hybridized carbons (Fsp3) is 0.944. The Morgan fingerprint density at radius 1 is 0.300 bits per heavy atom. The number of unbranched alkanes of at least 4 members (excludes halogenated alkanes) is 40. The highest BCUT2D eigenvalue weighted by Crippen LogP contribution is 2.45. The lowest BCUT2D eigenvalue weighted by Gasteiger charge is -2.21. The maximum atomic E-state index is 13.0. The van der Waals surface area contributed by atoms with Gasteiger partial charge in [-0.3, -0.25) is 37.3 Å². The Bertz CT molecular complexity index is 1750. The van der Waals surface area contributed by atoms with E-state index in [4.69, 9.17) is 37.0 Å². The molecule has 0 aliphatic carbocycles. The Labute approximate surface area is 549 Å². The molecule has 0 aromatic heterocycles. The SMILES string of the molecule is CCCCCCCCCCCC(=O)O[C@H](COC(=O)CCCCCCCCCC)COP(=O)(O)OC[C@H](O)COP(=O)(O)OC[C@@H](COC(=O)CCCCCCCCCCCCCCCC(C)C)OC(=O)CCCCCCCCCCCCCCCCC(C)C. The van der Waals surface area contributed by atoms with Crippen molar-refractivity contribution >= 4 is 39.5 Å². The molecular formula is C71H138O17P2. The average molecular weight is 1330 g/mol. The maximum Gasteiger partial charge on any atom is 0.472 e. The van der Waals surface area contributed by atoms with Gasteiger partial charge in [-0.05, 0) is 37.5 Å². The topological polar surface area (TPSA) is 237 Å². The summed E-state index contributed by atoms with van der Waals surface area (Å²) in [6.07, 6.45) is 48.6. The molecule has 0 heterocycles. The van der Waals surface area contributed by atoms with Gasteiger partial charge in [0.25, 0.3) is 0 Å². The Balaban J connectivity index is 5.20. The molecule has 0 radical (unpaired) electrons. The molecular weight excluding hydrogens is 1190 g/mol. The second kappa shape index (κ2) is 63.1. The number of aliphatic hydroxyl groups excluding tert-OH is 1. The number of phosphoric ester groups is 2. The van der Waals surface area contributed by atoms with Gasteiger partial charge in [-0.1, -0.05) is 311 Å². The van der Waals surface area contributed by atoms with E-state index in [9.17, 15) is 43.2 Å². The van der Waals surface area contributed by atoms with Crippen molar-refractivity contribution in [3.63, 3.8) is 0 Å². The zero-order valence-electron chi connectivity index (χ0n) is 58.4. The van der Waals surface area contributed by atoms with Crippen LogP contribution < -0.4 is 0 Å². The van der Waals surface area contributed by atoms with Crippen LogP contribution in [0.25, 0.3) is 0 Å². The first kappa shape index (κ1) is 88.1. The summed E-state index contributed by atoms with van der Waals surface area (Å²) in [4.78, 5) is 72.4. The number of ether oxygens (including phenoxy) is 4. The van der Waals surface area contributed by atoms with Crippen LogP contribution in [0.3, 0.4) is 0 Å². The fourth-order valence-electron chi connectivity index (χ4n) is 10.8. The minimum Gasteiger partial charge on any atom is -0.462 e. The largest absolute Gasteiger partial charge is 0.472 e. The Morgan fingerprint density at radius 2 is 0.511 bits per heavy atom. The van der Waals surface area contributed by atoms with Gasteiger partial charge in [0.15, 0.2) is 12.2 Å². The molecule has 534 valence electrons. The molecule has 0 saturated heterocycles. The number of hydrogen-bond acceptors (Lipinski definition) is 15.